The van der Waals surface area contributed by atoms with E-state index in [9.17, 15) is 0 Å². The summed E-state index contributed by atoms with van der Waals surface area (Å²) in [5, 5.41) is 8.84. The normalized spacial score (nSPS) is 18.1. The molecule has 1 aliphatic rings. The summed E-state index contributed by atoms with van der Waals surface area (Å²) in [6.45, 7) is 0. The van der Waals surface area contributed by atoms with Crippen LogP contribution in [0.15, 0.2) is 12.1 Å². The first-order chi connectivity index (χ1) is 7.84. The molecule has 0 amide bonds. The Balaban J connectivity index is 2.05. The Morgan fingerprint density at radius 2 is 2.00 bits per heavy atom. The van der Waals surface area contributed by atoms with Gasteiger partial charge in [-0.05, 0) is 25.0 Å². The van der Waals surface area contributed by atoms with E-state index in [0.717, 1.165) is 11.2 Å². The van der Waals surface area contributed by atoms with Gasteiger partial charge in [0.25, 0.3) is 0 Å². The lowest BCUT2D eigenvalue weighted by Gasteiger charge is -2.21. The van der Waals surface area contributed by atoms with Crippen molar-refractivity contribution in [2.45, 2.75) is 38.1 Å². The third kappa shape index (κ3) is 1.67. The first-order valence-electron chi connectivity index (χ1n) is 5.72. The Bertz CT molecular complexity index is 502. The fourth-order valence-electron chi connectivity index (χ4n) is 2.37. The van der Waals surface area contributed by atoms with Crippen molar-refractivity contribution < 1.29 is 0 Å². The van der Waals surface area contributed by atoms with Gasteiger partial charge in [0, 0.05) is 0 Å². The topological polar surface area (TPSA) is 43.6 Å². The molecule has 0 aliphatic heterocycles. The summed E-state index contributed by atoms with van der Waals surface area (Å²) in [6, 6.07) is 4.07. The molecule has 4 nitrogen and oxygen atoms in total. The predicted octanol–water partition coefficient (Wildman–Crippen LogP) is 2.98. The quantitative estimate of drug-likeness (QED) is 0.715. The number of rotatable bonds is 1. The molecular formula is C11H13ClN4. The zero-order valence-corrected chi connectivity index (χ0v) is 9.69. The number of fused-ring (bicyclic) bond motifs is 1. The molecule has 0 unspecified atom stereocenters. The van der Waals surface area contributed by atoms with Crippen LogP contribution in [0.3, 0.4) is 0 Å². The second-order valence-corrected chi connectivity index (χ2v) is 4.69. The van der Waals surface area contributed by atoms with Crippen LogP contribution in [-0.4, -0.2) is 20.0 Å². The molecule has 1 fully saturated rings. The lowest BCUT2D eigenvalue weighted by molar-refractivity contribution is 0.330. The Morgan fingerprint density at radius 3 is 2.81 bits per heavy atom. The Kier molecular flexibility index (Phi) is 2.52. The maximum Gasteiger partial charge on any atom is 0.180 e. The van der Waals surface area contributed by atoms with Gasteiger partial charge < -0.3 is 0 Å². The number of pyridine rings is 1. The van der Waals surface area contributed by atoms with E-state index in [1.807, 2.05) is 10.7 Å². The SMILES string of the molecule is Clc1ccc2nnn(C3CCCCC3)c2n1. The lowest BCUT2D eigenvalue weighted by atomic mass is 9.96. The minimum Gasteiger partial charge on any atom is -0.224 e. The van der Waals surface area contributed by atoms with E-state index in [1.54, 1.807) is 6.07 Å². The van der Waals surface area contributed by atoms with Crippen molar-refractivity contribution in [2.24, 2.45) is 0 Å². The zero-order chi connectivity index (χ0) is 11.0. The second-order valence-electron chi connectivity index (χ2n) is 4.30. The minimum atomic E-state index is 0.449. The van der Waals surface area contributed by atoms with Crippen LogP contribution in [0.2, 0.25) is 5.15 Å². The van der Waals surface area contributed by atoms with E-state index in [-0.39, 0.29) is 0 Å². The van der Waals surface area contributed by atoms with E-state index in [2.05, 4.69) is 15.3 Å². The van der Waals surface area contributed by atoms with Gasteiger partial charge in [-0.15, -0.1) is 5.10 Å². The molecule has 3 rings (SSSR count). The van der Waals surface area contributed by atoms with Crippen molar-refractivity contribution in [3.8, 4) is 0 Å². The molecule has 84 valence electrons. The average Bonchev–Trinajstić information content (AvgIpc) is 2.73. The third-order valence-corrected chi connectivity index (χ3v) is 3.42. The molecule has 2 aromatic rings. The van der Waals surface area contributed by atoms with Gasteiger partial charge in [-0.3, -0.25) is 0 Å². The molecular weight excluding hydrogens is 224 g/mol. The van der Waals surface area contributed by atoms with Crippen molar-refractivity contribution in [2.75, 3.05) is 0 Å². The average molecular weight is 237 g/mol. The number of halogens is 1. The van der Waals surface area contributed by atoms with Gasteiger partial charge in [0.1, 0.15) is 10.7 Å². The molecule has 16 heavy (non-hydrogen) atoms. The smallest absolute Gasteiger partial charge is 0.180 e. The molecule has 2 heterocycles. The molecule has 0 N–H and O–H groups in total. The fraction of sp³-hybridized carbons (Fsp3) is 0.545. The summed E-state index contributed by atoms with van der Waals surface area (Å²) in [5.74, 6) is 0. The van der Waals surface area contributed by atoms with E-state index in [1.165, 1.54) is 32.1 Å². The molecule has 0 spiro atoms. The van der Waals surface area contributed by atoms with Crippen LogP contribution in [0.4, 0.5) is 0 Å². The van der Waals surface area contributed by atoms with Crippen molar-refractivity contribution >= 4 is 22.8 Å². The van der Waals surface area contributed by atoms with E-state index in [0.29, 0.717) is 11.2 Å². The van der Waals surface area contributed by atoms with Gasteiger partial charge in [0.05, 0.1) is 6.04 Å². The van der Waals surface area contributed by atoms with Crippen LogP contribution in [-0.2, 0) is 0 Å². The van der Waals surface area contributed by atoms with Crippen LogP contribution >= 0.6 is 11.6 Å². The third-order valence-electron chi connectivity index (χ3n) is 3.21. The number of aromatic nitrogens is 4. The van der Waals surface area contributed by atoms with Crippen molar-refractivity contribution in [3.05, 3.63) is 17.3 Å². The van der Waals surface area contributed by atoms with Crippen molar-refractivity contribution in [1.82, 2.24) is 20.0 Å². The van der Waals surface area contributed by atoms with Gasteiger partial charge in [0.2, 0.25) is 0 Å². The van der Waals surface area contributed by atoms with E-state index >= 15 is 0 Å². The van der Waals surface area contributed by atoms with Crippen LogP contribution in [0, 0.1) is 0 Å². The maximum atomic E-state index is 5.91. The Morgan fingerprint density at radius 1 is 1.19 bits per heavy atom. The molecule has 0 saturated heterocycles. The first kappa shape index (κ1) is 10.0. The highest BCUT2D eigenvalue weighted by Gasteiger charge is 2.19. The fourth-order valence-corrected chi connectivity index (χ4v) is 2.52. The molecule has 1 aliphatic carbocycles. The Hall–Kier alpha value is -1.16. The number of hydrogen-bond donors (Lipinski definition) is 0. The second kappa shape index (κ2) is 4.01. The Labute approximate surface area is 98.6 Å². The summed E-state index contributed by atoms with van der Waals surface area (Å²) >= 11 is 5.91. The standard InChI is InChI=1S/C11H13ClN4/c12-10-7-6-9-11(13-10)16(15-14-9)8-4-2-1-3-5-8/h6-8H,1-5H2. The summed E-state index contributed by atoms with van der Waals surface area (Å²) in [4.78, 5) is 4.31. The highest BCUT2D eigenvalue weighted by atomic mass is 35.5. The van der Waals surface area contributed by atoms with Crippen molar-refractivity contribution in [1.29, 1.82) is 0 Å². The highest BCUT2D eigenvalue weighted by Crippen LogP contribution is 2.29. The first-order valence-corrected chi connectivity index (χ1v) is 6.10. The molecule has 5 heteroatoms. The van der Waals surface area contributed by atoms with Crippen LogP contribution in [0.25, 0.3) is 11.2 Å². The molecule has 0 radical (unpaired) electrons. The number of hydrogen-bond acceptors (Lipinski definition) is 3. The lowest BCUT2D eigenvalue weighted by Crippen LogP contribution is -2.14. The van der Waals surface area contributed by atoms with Crippen LogP contribution < -0.4 is 0 Å². The van der Waals surface area contributed by atoms with Gasteiger partial charge in [0.15, 0.2) is 5.65 Å². The monoisotopic (exact) mass is 236 g/mol. The summed E-state index contributed by atoms with van der Waals surface area (Å²) in [5.41, 5.74) is 1.65. The molecule has 0 aromatic carbocycles. The van der Waals surface area contributed by atoms with Gasteiger partial charge in [-0.1, -0.05) is 36.1 Å². The van der Waals surface area contributed by atoms with Gasteiger partial charge >= 0.3 is 0 Å². The highest BCUT2D eigenvalue weighted by molar-refractivity contribution is 6.29. The predicted molar refractivity (Wildman–Crippen MR) is 62.5 cm³/mol. The van der Waals surface area contributed by atoms with Crippen molar-refractivity contribution in [3.63, 3.8) is 0 Å². The van der Waals surface area contributed by atoms with Gasteiger partial charge in [-0.2, -0.15) is 0 Å². The minimum absolute atomic E-state index is 0.449. The summed E-state index contributed by atoms with van der Waals surface area (Å²) in [6.07, 6.45) is 6.22. The van der Waals surface area contributed by atoms with E-state index in [4.69, 9.17) is 11.6 Å². The molecule has 1 saturated carbocycles. The summed E-state index contributed by atoms with van der Waals surface area (Å²) in [7, 11) is 0. The van der Waals surface area contributed by atoms with Gasteiger partial charge in [-0.25, -0.2) is 9.67 Å². The zero-order valence-electron chi connectivity index (χ0n) is 8.93. The van der Waals surface area contributed by atoms with E-state index < -0.39 is 0 Å². The molecule has 2 aromatic heterocycles. The summed E-state index contributed by atoms with van der Waals surface area (Å²) < 4.78 is 1.94. The van der Waals surface area contributed by atoms with Crippen LogP contribution in [0.5, 0.6) is 0 Å². The molecule has 0 atom stereocenters. The maximum absolute atomic E-state index is 5.91. The van der Waals surface area contributed by atoms with Crippen LogP contribution in [0.1, 0.15) is 38.1 Å². The number of nitrogens with zero attached hydrogens (tertiary/aromatic N) is 4. The largest absolute Gasteiger partial charge is 0.224 e. The molecule has 0 bridgehead atoms.